The number of carbonyl (C=O) groups is 1. The Morgan fingerprint density at radius 2 is 2.10 bits per heavy atom. The molecule has 0 aromatic heterocycles. The third-order valence-corrected chi connectivity index (χ3v) is 3.65. The Kier molecular flexibility index (Phi) is 4.37. The number of carbonyl (C=O) groups excluding carboxylic acids is 1. The standard InChI is InChI=1S/C15H19BrFNO2/c1-15(2,3)20-14(19)18-5-4-10(9-18)11-6-12(16)8-13(17)7-11/h6-8,10H,4-5,9H2,1-3H3. The lowest BCUT2D eigenvalue weighted by molar-refractivity contribution is 0.0292. The first-order valence-electron chi connectivity index (χ1n) is 6.68. The van der Waals surface area contributed by atoms with Crippen molar-refractivity contribution in [3.63, 3.8) is 0 Å². The summed E-state index contributed by atoms with van der Waals surface area (Å²) in [5.41, 5.74) is 0.430. The Morgan fingerprint density at radius 3 is 2.70 bits per heavy atom. The highest BCUT2D eigenvalue weighted by molar-refractivity contribution is 9.10. The van der Waals surface area contributed by atoms with Crippen LogP contribution < -0.4 is 0 Å². The van der Waals surface area contributed by atoms with Crippen LogP contribution in [0, 0.1) is 5.82 Å². The normalized spacial score (nSPS) is 19.2. The van der Waals surface area contributed by atoms with Crippen LogP contribution in [-0.4, -0.2) is 29.7 Å². The van der Waals surface area contributed by atoms with Crippen LogP contribution in [0.5, 0.6) is 0 Å². The highest BCUT2D eigenvalue weighted by atomic mass is 79.9. The average Bonchev–Trinajstić information content (AvgIpc) is 2.74. The summed E-state index contributed by atoms with van der Waals surface area (Å²) in [6, 6.07) is 4.88. The van der Waals surface area contributed by atoms with Crippen LogP contribution >= 0.6 is 15.9 Å². The fourth-order valence-corrected chi connectivity index (χ4v) is 2.82. The van der Waals surface area contributed by atoms with Crippen molar-refractivity contribution in [1.29, 1.82) is 0 Å². The van der Waals surface area contributed by atoms with Crippen LogP contribution in [0.2, 0.25) is 0 Å². The third kappa shape index (κ3) is 3.95. The molecule has 1 saturated heterocycles. The van der Waals surface area contributed by atoms with Crippen molar-refractivity contribution in [2.75, 3.05) is 13.1 Å². The molecule has 20 heavy (non-hydrogen) atoms. The molecule has 1 unspecified atom stereocenters. The van der Waals surface area contributed by atoms with E-state index in [4.69, 9.17) is 4.74 Å². The van der Waals surface area contributed by atoms with E-state index in [2.05, 4.69) is 15.9 Å². The molecule has 3 nitrogen and oxygen atoms in total. The molecule has 5 heteroatoms. The molecule has 1 atom stereocenters. The van der Waals surface area contributed by atoms with E-state index >= 15 is 0 Å². The second-order valence-electron chi connectivity index (χ2n) is 6.11. The van der Waals surface area contributed by atoms with E-state index in [0.29, 0.717) is 13.1 Å². The van der Waals surface area contributed by atoms with Crippen LogP contribution in [0.3, 0.4) is 0 Å². The van der Waals surface area contributed by atoms with Gasteiger partial charge in [-0.2, -0.15) is 0 Å². The average molecular weight is 344 g/mol. The Labute approximate surface area is 127 Å². The Balaban J connectivity index is 2.03. The molecule has 1 fully saturated rings. The maximum Gasteiger partial charge on any atom is 0.410 e. The molecule has 0 bridgehead atoms. The van der Waals surface area contributed by atoms with Gasteiger partial charge >= 0.3 is 6.09 Å². The summed E-state index contributed by atoms with van der Waals surface area (Å²) in [7, 11) is 0. The van der Waals surface area contributed by atoms with Crippen LogP contribution in [0.25, 0.3) is 0 Å². The molecule has 1 aliphatic rings. The molecule has 0 aliphatic carbocycles. The van der Waals surface area contributed by atoms with E-state index in [0.717, 1.165) is 16.5 Å². The van der Waals surface area contributed by atoms with Crippen molar-refractivity contribution in [3.8, 4) is 0 Å². The first kappa shape index (κ1) is 15.3. The van der Waals surface area contributed by atoms with Gasteiger partial charge in [0.05, 0.1) is 0 Å². The zero-order valence-corrected chi connectivity index (χ0v) is 13.5. The Hall–Kier alpha value is -1.10. The summed E-state index contributed by atoms with van der Waals surface area (Å²) in [6.45, 7) is 6.77. The first-order chi connectivity index (χ1) is 9.24. The van der Waals surface area contributed by atoms with Crippen LogP contribution in [0.4, 0.5) is 9.18 Å². The minimum Gasteiger partial charge on any atom is -0.444 e. The van der Waals surface area contributed by atoms with Crippen molar-refractivity contribution in [3.05, 3.63) is 34.1 Å². The smallest absolute Gasteiger partial charge is 0.410 e. The second kappa shape index (κ2) is 5.72. The summed E-state index contributed by atoms with van der Waals surface area (Å²) in [5, 5.41) is 0. The predicted octanol–water partition coefficient (Wildman–Crippen LogP) is 4.31. The van der Waals surface area contributed by atoms with Crippen LogP contribution in [0.15, 0.2) is 22.7 Å². The number of amides is 1. The summed E-state index contributed by atoms with van der Waals surface area (Å²) < 4.78 is 19.5. The van der Waals surface area contributed by atoms with Crippen molar-refractivity contribution in [1.82, 2.24) is 4.90 Å². The van der Waals surface area contributed by atoms with Crippen molar-refractivity contribution in [2.45, 2.75) is 38.7 Å². The van der Waals surface area contributed by atoms with Gasteiger partial charge in [-0.25, -0.2) is 9.18 Å². The number of benzene rings is 1. The number of hydrogen-bond acceptors (Lipinski definition) is 2. The zero-order chi connectivity index (χ0) is 14.9. The van der Waals surface area contributed by atoms with Crippen LogP contribution in [0.1, 0.15) is 38.7 Å². The minimum atomic E-state index is -0.489. The van der Waals surface area contributed by atoms with Crippen LogP contribution in [-0.2, 0) is 4.74 Å². The van der Waals surface area contributed by atoms with E-state index in [1.54, 1.807) is 4.90 Å². The van der Waals surface area contributed by atoms with Gasteiger partial charge in [0.25, 0.3) is 0 Å². The molecular weight excluding hydrogens is 325 g/mol. The molecule has 0 radical (unpaired) electrons. The van der Waals surface area contributed by atoms with E-state index < -0.39 is 5.60 Å². The predicted molar refractivity (Wildman–Crippen MR) is 79.3 cm³/mol. The molecule has 1 aromatic carbocycles. The number of ether oxygens (including phenoxy) is 1. The lowest BCUT2D eigenvalue weighted by Crippen LogP contribution is -2.35. The van der Waals surface area contributed by atoms with Crippen molar-refractivity contribution >= 4 is 22.0 Å². The molecule has 1 aromatic rings. The Bertz CT molecular complexity index is 493. The largest absolute Gasteiger partial charge is 0.444 e. The van der Waals surface area contributed by atoms with Gasteiger partial charge in [-0.05, 0) is 51.0 Å². The zero-order valence-electron chi connectivity index (χ0n) is 12.0. The summed E-state index contributed by atoms with van der Waals surface area (Å²) in [6.07, 6.45) is 0.533. The number of hydrogen-bond donors (Lipinski definition) is 0. The van der Waals surface area contributed by atoms with Gasteiger partial charge in [-0.15, -0.1) is 0 Å². The van der Waals surface area contributed by atoms with Crippen molar-refractivity contribution < 1.29 is 13.9 Å². The molecule has 110 valence electrons. The van der Waals surface area contributed by atoms with Gasteiger partial charge < -0.3 is 9.64 Å². The minimum absolute atomic E-state index is 0.162. The molecule has 0 spiro atoms. The maximum atomic E-state index is 13.4. The topological polar surface area (TPSA) is 29.5 Å². The van der Waals surface area contributed by atoms with Gasteiger partial charge in [0.2, 0.25) is 0 Å². The monoisotopic (exact) mass is 343 g/mol. The SMILES string of the molecule is CC(C)(C)OC(=O)N1CCC(c2cc(F)cc(Br)c2)C1. The van der Waals surface area contributed by atoms with E-state index in [-0.39, 0.29) is 17.8 Å². The van der Waals surface area contributed by atoms with Gasteiger partial charge in [0.15, 0.2) is 0 Å². The molecule has 1 amide bonds. The molecule has 1 aliphatic heterocycles. The summed E-state index contributed by atoms with van der Waals surface area (Å²) >= 11 is 3.30. The molecule has 0 N–H and O–H groups in total. The number of rotatable bonds is 1. The molecule has 1 heterocycles. The van der Waals surface area contributed by atoms with Gasteiger partial charge in [-0.1, -0.05) is 15.9 Å². The fraction of sp³-hybridized carbons (Fsp3) is 0.533. The van der Waals surface area contributed by atoms with Gasteiger partial charge in [0, 0.05) is 23.5 Å². The lowest BCUT2D eigenvalue weighted by Gasteiger charge is -2.24. The van der Waals surface area contributed by atoms with Crippen molar-refractivity contribution in [2.24, 2.45) is 0 Å². The molecule has 0 saturated carbocycles. The highest BCUT2D eigenvalue weighted by Crippen LogP contribution is 2.30. The fourth-order valence-electron chi connectivity index (χ4n) is 2.34. The first-order valence-corrected chi connectivity index (χ1v) is 7.48. The summed E-state index contributed by atoms with van der Waals surface area (Å²) in [4.78, 5) is 13.7. The number of halogens is 2. The maximum absolute atomic E-state index is 13.4. The third-order valence-electron chi connectivity index (χ3n) is 3.20. The number of likely N-dealkylation sites (tertiary alicyclic amines) is 1. The lowest BCUT2D eigenvalue weighted by atomic mass is 9.98. The van der Waals surface area contributed by atoms with E-state index in [1.807, 2.05) is 26.8 Å². The molecular formula is C15H19BrFNO2. The highest BCUT2D eigenvalue weighted by Gasteiger charge is 2.30. The van der Waals surface area contributed by atoms with E-state index in [1.165, 1.54) is 12.1 Å². The van der Waals surface area contributed by atoms with Gasteiger partial charge in [-0.3, -0.25) is 0 Å². The summed E-state index contributed by atoms with van der Waals surface area (Å²) in [5.74, 6) is -0.0976. The number of nitrogens with zero attached hydrogens (tertiary/aromatic N) is 1. The van der Waals surface area contributed by atoms with Gasteiger partial charge in [0.1, 0.15) is 11.4 Å². The van der Waals surface area contributed by atoms with E-state index in [9.17, 15) is 9.18 Å². The Morgan fingerprint density at radius 1 is 1.40 bits per heavy atom. The second-order valence-corrected chi connectivity index (χ2v) is 7.03. The molecule has 2 rings (SSSR count). The quantitative estimate of drug-likeness (QED) is 0.760.